The van der Waals surface area contributed by atoms with Gasteiger partial charge in [0.15, 0.2) is 0 Å². The van der Waals surface area contributed by atoms with Crippen molar-refractivity contribution in [3.05, 3.63) is 0 Å². The molecule has 1 aliphatic carbocycles. The second kappa shape index (κ2) is 7.85. The number of aliphatic carboxylic acids is 1. The van der Waals surface area contributed by atoms with Crippen LogP contribution in [0.15, 0.2) is 0 Å². The van der Waals surface area contributed by atoms with Crippen molar-refractivity contribution in [2.75, 3.05) is 13.1 Å². The molecule has 0 bridgehead atoms. The van der Waals surface area contributed by atoms with E-state index in [1.54, 1.807) is 0 Å². The van der Waals surface area contributed by atoms with Gasteiger partial charge in [-0.15, -0.1) is 0 Å². The maximum Gasteiger partial charge on any atom is 0.315 e. The largest absolute Gasteiger partial charge is 0.481 e. The smallest absolute Gasteiger partial charge is 0.315 e. The van der Waals surface area contributed by atoms with Gasteiger partial charge >= 0.3 is 12.0 Å². The van der Waals surface area contributed by atoms with Gasteiger partial charge in [0, 0.05) is 19.0 Å². The second-order valence-electron chi connectivity index (χ2n) is 6.26. The molecule has 7 nitrogen and oxygen atoms in total. The molecule has 0 radical (unpaired) electrons. The monoisotopic (exact) mass is 299 g/mol. The fourth-order valence-electron chi connectivity index (χ4n) is 1.81. The molecule has 0 saturated heterocycles. The predicted molar refractivity (Wildman–Crippen MR) is 77.8 cm³/mol. The maximum atomic E-state index is 11.5. The summed E-state index contributed by atoms with van der Waals surface area (Å²) in [6.45, 7) is 4.37. The number of amides is 3. The average molecular weight is 299 g/mol. The Balaban J connectivity index is 2.08. The number of carbonyl (C=O) groups is 3. The van der Waals surface area contributed by atoms with Crippen LogP contribution >= 0.6 is 0 Å². The lowest BCUT2D eigenvalue weighted by Gasteiger charge is -2.23. The van der Waals surface area contributed by atoms with Crippen LogP contribution in [-0.2, 0) is 9.59 Å². The van der Waals surface area contributed by atoms with Crippen molar-refractivity contribution in [1.29, 1.82) is 0 Å². The van der Waals surface area contributed by atoms with E-state index >= 15 is 0 Å². The summed E-state index contributed by atoms with van der Waals surface area (Å²) >= 11 is 0. The Bertz CT molecular complexity index is 392. The minimum Gasteiger partial charge on any atom is -0.481 e. The van der Waals surface area contributed by atoms with Gasteiger partial charge in [-0.3, -0.25) is 9.59 Å². The molecule has 1 aliphatic rings. The molecule has 0 aromatic rings. The van der Waals surface area contributed by atoms with Crippen molar-refractivity contribution in [2.24, 2.45) is 5.41 Å². The van der Waals surface area contributed by atoms with Gasteiger partial charge in [-0.05, 0) is 31.1 Å². The van der Waals surface area contributed by atoms with Crippen LogP contribution < -0.4 is 16.0 Å². The van der Waals surface area contributed by atoms with Crippen molar-refractivity contribution in [2.45, 2.75) is 52.0 Å². The van der Waals surface area contributed by atoms with Crippen LogP contribution in [0.1, 0.15) is 46.0 Å². The summed E-state index contributed by atoms with van der Waals surface area (Å²) < 4.78 is 0. The first-order chi connectivity index (χ1) is 9.78. The molecule has 1 rings (SSSR count). The number of urea groups is 1. The molecule has 7 heteroatoms. The standard InChI is InChI=1S/C14H25N3O4/c1-14(2,6-5-12(19)20)7-8-15-13(21)16-9-11(18)17-10-3-4-10/h10H,3-9H2,1-2H3,(H,17,18)(H,19,20)(H2,15,16,21). The summed E-state index contributed by atoms with van der Waals surface area (Å²) in [7, 11) is 0. The van der Waals surface area contributed by atoms with Gasteiger partial charge in [-0.1, -0.05) is 13.8 Å². The van der Waals surface area contributed by atoms with E-state index in [0.29, 0.717) is 19.4 Å². The number of carboxylic acid groups (broad SMARTS) is 1. The Labute approximate surface area is 124 Å². The Kier molecular flexibility index (Phi) is 6.45. The molecule has 0 aliphatic heterocycles. The van der Waals surface area contributed by atoms with Crippen LogP contribution in [0.3, 0.4) is 0 Å². The minimum absolute atomic E-state index is 0.0231. The third-order valence-electron chi connectivity index (χ3n) is 3.45. The van der Waals surface area contributed by atoms with Gasteiger partial charge in [-0.25, -0.2) is 4.79 Å². The molecule has 120 valence electrons. The van der Waals surface area contributed by atoms with Crippen molar-refractivity contribution >= 4 is 17.9 Å². The van der Waals surface area contributed by atoms with Crippen LogP contribution in [0.4, 0.5) is 4.79 Å². The Morgan fingerprint density at radius 1 is 1.14 bits per heavy atom. The minimum atomic E-state index is -0.810. The van der Waals surface area contributed by atoms with E-state index in [1.165, 1.54) is 0 Å². The molecule has 0 aromatic heterocycles. The third kappa shape index (κ3) is 8.88. The van der Waals surface area contributed by atoms with Gasteiger partial charge in [0.2, 0.25) is 5.91 Å². The zero-order valence-corrected chi connectivity index (χ0v) is 12.7. The molecule has 0 spiro atoms. The van der Waals surface area contributed by atoms with Crippen LogP contribution in [0, 0.1) is 5.41 Å². The highest BCUT2D eigenvalue weighted by Gasteiger charge is 2.23. The molecule has 4 N–H and O–H groups in total. The van der Waals surface area contributed by atoms with E-state index < -0.39 is 5.97 Å². The van der Waals surface area contributed by atoms with E-state index in [1.807, 2.05) is 13.8 Å². The zero-order chi connectivity index (χ0) is 15.9. The lowest BCUT2D eigenvalue weighted by Crippen LogP contribution is -2.43. The summed E-state index contributed by atoms with van der Waals surface area (Å²) in [6.07, 6.45) is 3.41. The van der Waals surface area contributed by atoms with Crippen LogP contribution in [0.5, 0.6) is 0 Å². The summed E-state index contributed by atoms with van der Waals surface area (Å²) in [4.78, 5) is 33.4. The normalized spacial score (nSPS) is 14.4. The molecule has 1 fully saturated rings. The number of carboxylic acids is 1. The first-order valence-corrected chi connectivity index (χ1v) is 7.31. The van der Waals surface area contributed by atoms with E-state index in [9.17, 15) is 14.4 Å². The molecule has 0 unspecified atom stereocenters. The van der Waals surface area contributed by atoms with Crippen molar-refractivity contribution < 1.29 is 19.5 Å². The van der Waals surface area contributed by atoms with Gasteiger partial charge in [0.1, 0.15) is 0 Å². The van der Waals surface area contributed by atoms with Crippen molar-refractivity contribution in [3.8, 4) is 0 Å². The SMILES string of the molecule is CC(C)(CCNC(=O)NCC(=O)NC1CC1)CCC(=O)O. The number of hydrogen-bond donors (Lipinski definition) is 4. The van der Waals surface area contributed by atoms with Gasteiger partial charge < -0.3 is 21.1 Å². The maximum absolute atomic E-state index is 11.5. The molecule has 3 amide bonds. The Morgan fingerprint density at radius 2 is 1.81 bits per heavy atom. The molecule has 0 atom stereocenters. The van der Waals surface area contributed by atoms with E-state index in [-0.39, 0.29) is 36.4 Å². The summed E-state index contributed by atoms with van der Waals surface area (Å²) in [5.41, 5.74) is -0.144. The van der Waals surface area contributed by atoms with Crippen molar-refractivity contribution in [3.63, 3.8) is 0 Å². The molecule has 0 aromatic carbocycles. The highest BCUT2D eigenvalue weighted by Crippen LogP contribution is 2.25. The van der Waals surface area contributed by atoms with Gasteiger partial charge in [0.25, 0.3) is 0 Å². The third-order valence-corrected chi connectivity index (χ3v) is 3.45. The summed E-state index contributed by atoms with van der Waals surface area (Å²) in [6, 6.07) is -0.0904. The topological polar surface area (TPSA) is 108 Å². The zero-order valence-electron chi connectivity index (χ0n) is 12.7. The lowest BCUT2D eigenvalue weighted by molar-refractivity contribution is -0.137. The van der Waals surface area contributed by atoms with E-state index in [0.717, 1.165) is 12.8 Å². The first kappa shape index (κ1) is 17.3. The number of hydrogen-bond acceptors (Lipinski definition) is 3. The Hall–Kier alpha value is -1.79. The molecular formula is C14H25N3O4. The van der Waals surface area contributed by atoms with Crippen molar-refractivity contribution in [1.82, 2.24) is 16.0 Å². The van der Waals surface area contributed by atoms with Gasteiger partial charge in [-0.2, -0.15) is 0 Å². The van der Waals surface area contributed by atoms with E-state index in [2.05, 4.69) is 16.0 Å². The number of carbonyl (C=O) groups excluding carboxylic acids is 2. The fourth-order valence-corrected chi connectivity index (χ4v) is 1.81. The van der Waals surface area contributed by atoms with Crippen LogP contribution in [-0.4, -0.2) is 42.1 Å². The van der Waals surface area contributed by atoms with Crippen LogP contribution in [0.25, 0.3) is 0 Å². The highest BCUT2D eigenvalue weighted by atomic mass is 16.4. The van der Waals surface area contributed by atoms with Gasteiger partial charge in [0.05, 0.1) is 6.54 Å². The number of rotatable bonds is 9. The molecular weight excluding hydrogens is 274 g/mol. The molecule has 21 heavy (non-hydrogen) atoms. The second-order valence-corrected chi connectivity index (χ2v) is 6.26. The predicted octanol–water partition coefficient (Wildman–Crippen LogP) is 0.845. The lowest BCUT2D eigenvalue weighted by atomic mass is 9.84. The van der Waals surface area contributed by atoms with Crippen LogP contribution in [0.2, 0.25) is 0 Å². The Morgan fingerprint density at radius 3 is 2.38 bits per heavy atom. The van der Waals surface area contributed by atoms with E-state index in [4.69, 9.17) is 5.11 Å². The molecule has 0 heterocycles. The average Bonchev–Trinajstić information content (AvgIpc) is 3.18. The number of nitrogens with one attached hydrogen (secondary N) is 3. The summed E-state index contributed by atoms with van der Waals surface area (Å²) in [5.74, 6) is -0.982. The quantitative estimate of drug-likeness (QED) is 0.506. The summed E-state index contributed by atoms with van der Waals surface area (Å²) in [5, 5.41) is 16.6. The fraction of sp³-hybridized carbons (Fsp3) is 0.786. The molecule has 1 saturated carbocycles. The highest BCUT2D eigenvalue weighted by molar-refractivity contribution is 5.84. The first-order valence-electron chi connectivity index (χ1n) is 7.31.